The zero-order valence-electron chi connectivity index (χ0n) is 7.99. The Morgan fingerprint density at radius 1 is 1.57 bits per heavy atom. The molecule has 1 aromatic heterocycles. The molecule has 0 saturated heterocycles. The minimum absolute atomic E-state index is 0.0937. The Labute approximate surface area is 91.6 Å². The molecule has 0 spiro atoms. The number of aromatic nitrogens is 1. The van der Waals surface area contributed by atoms with Gasteiger partial charge in [0.2, 0.25) is 0 Å². The normalized spacial score (nSPS) is 15.2. The highest BCUT2D eigenvalue weighted by Crippen LogP contribution is 2.27. The van der Waals surface area contributed by atoms with Crippen LogP contribution in [0.1, 0.15) is 18.7 Å². The van der Waals surface area contributed by atoms with Crippen LogP contribution in [-0.2, 0) is 6.61 Å². The van der Waals surface area contributed by atoms with Crippen molar-refractivity contribution < 1.29 is 10.2 Å². The molecule has 0 aromatic carbocycles. The molecule has 4 nitrogen and oxygen atoms in total. The molecule has 2 unspecified atom stereocenters. The van der Waals surface area contributed by atoms with Gasteiger partial charge in [0, 0.05) is 0 Å². The van der Waals surface area contributed by atoms with E-state index in [2.05, 4.69) is 10.3 Å². The van der Waals surface area contributed by atoms with E-state index in [1.54, 1.807) is 6.92 Å². The van der Waals surface area contributed by atoms with Gasteiger partial charge in [-0.15, -0.1) is 0 Å². The third kappa shape index (κ3) is 2.81. The van der Waals surface area contributed by atoms with Gasteiger partial charge in [-0.2, -0.15) is 0 Å². The number of hydrogen-bond donors (Lipinski definition) is 3. The Morgan fingerprint density at radius 2 is 2.21 bits per heavy atom. The Bertz CT molecular complexity index is 304. The molecule has 80 valence electrons. The summed E-state index contributed by atoms with van der Waals surface area (Å²) in [5.41, 5.74) is 0. The third-order valence-corrected chi connectivity index (χ3v) is 3.26. The van der Waals surface area contributed by atoms with E-state index in [0.717, 1.165) is 0 Å². The average Bonchev–Trinajstić information content (AvgIpc) is 2.45. The summed E-state index contributed by atoms with van der Waals surface area (Å²) in [6.07, 6.45) is -0.463. The van der Waals surface area contributed by atoms with E-state index in [9.17, 15) is 5.11 Å². The van der Waals surface area contributed by atoms with Crippen LogP contribution in [0.5, 0.6) is 0 Å². The molecule has 3 N–H and O–H groups in total. The Balaban J connectivity index is 2.68. The minimum atomic E-state index is -0.463. The van der Waals surface area contributed by atoms with Gasteiger partial charge < -0.3 is 15.5 Å². The van der Waals surface area contributed by atoms with Crippen LogP contribution in [0.3, 0.4) is 0 Å². The summed E-state index contributed by atoms with van der Waals surface area (Å²) >= 11 is 7.03. The highest BCUT2D eigenvalue weighted by atomic mass is 35.5. The molecule has 0 aliphatic carbocycles. The monoisotopic (exact) mass is 236 g/mol. The fourth-order valence-corrected chi connectivity index (χ4v) is 1.93. The van der Waals surface area contributed by atoms with Gasteiger partial charge in [-0.3, -0.25) is 0 Å². The van der Waals surface area contributed by atoms with Gasteiger partial charge in [0.05, 0.1) is 23.6 Å². The van der Waals surface area contributed by atoms with E-state index < -0.39 is 6.10 Å². The zero-order valence-corrected chi connectivity index (χ0v) is 9.56. The van der Waals surface area contributed by atoms with E-state index in [4.69, 9.17) is 16.7 Å². The lowest BCUT2D eigenvalue weighted by Gasteiger charge is -2.15. The van der Waals surface area contributed by atoms with Gasteiger partial charge in [0.15, 0.2) is 5.13 Å². The van der Waals surface area contributed by atoms with E-state index in [1.165, 1.54) is 11.3 Å². The van der Waals surface area contributed by atoms with Crippen LogP contribution >= 0.6 is 22.9 Å². The van der Waals surface area contributed by atoms with Crippen molar-refractivity contribution in [3.05, 3.63) is 10.0 Å². The number of nitrogens with one attached hydrogen (secondary N) is 1. The Morgan fingerprint density at radius 3 is 2.64 bits per heavy atom. The highest BCUT2D eigenvalue weighted by molar-refractivity contribution is 7.16. The first kappa shape index (κ1) is 11.7. The molecule has 1 heterocycles. The molecule has 0 fully saturated rings. The van der Waals surface area contributed by atoms with Crippen molar-refractivity contribution in [2.45, 2.75) is 32.6 Å². The molecule has 2 atom stereocenters. The topological polar surface area (TPSA) is 65.4 Å². The van der Waals surface area contributed by atoms with Gasteiger partial charge in [0.25, 0.3) is 0 Å². The summed E-state index contributed by atoms with van der Waals surface area (Å²) in [6, 6.07) is -0.0937. The Hall–Kier alpha value is -0.360. The van der Waals surface area contributed by atoms with E-state index in [1.807, 2.05) is 6.92 Å². The third-order valence-electron chi connectivity index (χ3n) is 1.87. The minimum Gasteiger partial charge on any atom is -0.391 e. The van der Waals surface area contributed by atoms with Crippen LogP contribution < -0.4 is 5.32 Å². The summed E-state index contributed by atoms with van der Waals surface area (Å²) in [6.45, 7) is 3.43. The lowest BCUT2D eigenvalue weighted by Crippen LogP contribution is -2.27. The van der Waals surface area contributed by atoms with Gasteiger partial charge in [-0.1, -0.05) is 22.9 Å². The lowest BCUT2D eigenvalue weighted by molar-refractivity contribution is 0.178. The van der Waals surface area contributed by atoms with E-state index in [0.29, 0.717) is 15.2 Å². The summed E-state index contributed by atoms with van der Waals surface area (Å²) in [5, 5.41) is 22.1. The first-order valence-electron chi connectivity index (χ1n) is 4.25. The SMILES string of the molecule is CC(O)C(C)Nc1nc(Cl)c(CO)s1. The van der Waals surface area contributed by atoms with Crippen LogP contribution in [0, 0.1) is 0 Å². The fourth-order valence-electron chi connectivity index (χ4n) is 0.808. The van der Waals surface area contributed by atoms with Crippen molar-refractivity contribution >= 4 is 28.1 Å². The maximum Gasteiger partial charge on any atom is 0.184 e. The first-order chi connectivity index (χ1) is 6.54. The number of anilines is 1. The maximum absolute atomic E-state index is 9.25. The molecular weight excluding hydrogens is 224 g/mol. The number of rotatable bonds is 4. The molecule has 14 heavy (non-hydrogen) atoms. The molecule has 1 rings (SSSR count). The van der Waals surface area contributed by atoms with Crippen molar-refractivity contribution in [1.29, 1.82) is 0 Å². The summed E-state index contributed by atoms with van der Waals surface area (Å²) in [4.78, 5) is 4.64. The van der Waals surface area contributed by atoms with Crippen LogP contribution in [0.4, 0.5) is 5.13 Å². The van der Waals surface area contributed by atoms with Crippen LogP contribution in [0.2, 0.25) is 5.15 Å². The summed E-state index contributed by atoms with van der Waals surface area (Å²) in [7, 11) is 0. The van der Waals surface area contributed by atoms with Crippen LogP contribution in [-0.4, -0.2) is 27.3 Å². The standard InChI is InChI=1S/C8H13ClN2O2S/c1-4(5(2)13)10-8-11-7(9)6(3-12)14-8/h4-5,12-13H,3H2,1-2H3,(H,10,11). The molecule has 6 heteroatoms. The molecule has 0 amide bonds. The summed E-state index contributed by atoms with van der Waals surface area (Å²) < 4.78 is 0. The van der Waals surface area contributed by atoms with Crippen molar-refractivity contribution in [1.82, 2.24) is 4.98 Å². The molecule has 0 radical (unpaired) electrons. The van der Waals surface area contributed by atoms with Crippen molar-refractivity contribution in [3.8, 4) is 0 Å². The fraction of sp³-hybridized carbons (Fsp3) is 0.625. The first-order valence-corrected chi connectivity index (χ1v) is 5.44. The van der Waals surface area contributed by atoms with Crippen LogP contribution in [0.15, 0.2) is 0 Å². The lowest BCUT2D eigenvalue weighted by atomic mass is 10.2. The predicted molar refractivity (Wildman–Crippen MR) is 57.8 cm³/mol. The van der Waals surface area contributed by atoms with Crippen LogP contribution in [0.25, 0.3) is 0 Å². The van der Waals surface area contributed by atoms with Gasteiger partial charge in [-0.25, -0.2) is 4.98 Å². The average molecular weight is 237 g/mol. The molecule has 0 saturated carbocycles. The summed E-state index contributed by atoms with van der Waals surface area (Å²) in [5.74, 6) is 0. The molecule has 0 bridgehead atoms. The molecule has 0 aliphatic heterocycles. The number of aliphatic hydroxyl groups is 2. The van der Waals surface area contributed by atoms with Gasteiger partial charge in [0.1, 0.15) is 5.15 Å². The highest BCUT2D eigenvalue weighted by Gasteiger charge is 2.13. The van der Waals surface area contributed by atoms with Gasteiger partial charge in [-0.05, 0) is 13.8 Å². The zero-order chi connectivity index (χ0) is 10.7. The molecule has 1 aromatic rings. The second-order valence-electron chi connectivity index (χ2n) is 3.06. The number of hydrogen-bond acceptors (Lipinski definition) is 5. The van der Waals surface area contributed by atoms with E-state index in [-0.39, 0.29) is 12.6 Å². The number of aliphatic hydroxyl groups excluding tert-OH is 2. The number of nitrogens with zero attached hydrogens (tertiary/aromatic N) is 1. The maximum atomic E-state index is 9.25. The Kier molecular flexibility index (Phi) is 4.12. The molecule has 0 aliphatic rings. The largest absolute Gasteiger partial charge is 0.391 e. The second-order valence-corrected chi connectivity index (χ2v) is 4.51. The van der Waals surface area contributed by atoms with E-state index >= 15 is 0 Å². The smallest absolute Gasteiger partial charge is 0.184 e. The predicted octanol–water partition coefficient (Wildman–Crippen LogP) is 1.47. The van der Waals surface area contributed by atoms with Crippen molar-refractivity contribution in [3.63, 3.8) is 0 Å². The van der Waals surface area contributed by atoms with Crippen molar-refractivity contribution in [2.24, 2.45) is 0 Å². The van der Waals surface area contributed by atoms with Gasteiger partial charge >= 0.3 is 0 Å². The second kappa shape index (κ2) is 4.93. The number of halogens is 1. The number of thiazole rings is 1. The molecular formula is C8H13ClN2O2S. The van der Waals surface area contributed by atoms with Crippen molar-refractivity contribution in [2.75, 3.05) is 5.32 Å². The quantitative estimate of drug-likeness (QED) is 0.741.